The largest absolute Gasteiger partial charge is 0.394 e. The number of carbonyl (C=O) groups is 1. The van der Waals surface area contributed by atoms with E-state index in [4.69, 9.17) is 0 Å². The van der Waals surface area contributed by atoms with Crippen LogP contribution < -0.4 is 0 Å². The lowest BCUT2D eigenvalue weighted by molar-refractivity contribution is -0.134. The summed E-state index contributed by atoms with van der Waals surface area (Å²) >= 11 is 1.78. The van der Waals surface area contributed by atoms with E-state index in [1.165, 1.54) is 10.4 Å². The summed E-state index contributed by atoms with van der Waals surface area (Å²) in [7, 11) is 0. The molecule has 0 radical (unpaired) electrons. The molecule has 2 aliphatic rings. The predicted molar refractivity (Wildman–Crippen MR) is 71.8 cm³/mol. The van der Waals surface area contributed by atoms with E-state index in [0.29, 0.717) is 0 Å². The molecule has 1 amide bonds. The fourth-order valence-electron chi connectivity index (χ4n) is 3.26. The number of carbonyl (C=O) groups excluding carboxylic acids is 1. The zero-order valence-corrected chi connectivity index (χ0v) is 11.3. The van der Waals surface area contributed by atoms with Crippen LogP contribution in [0.2, 0.25) is 0 Å². The molecule has 2 unspecified atom stereocenters. The van der Waals surface area contributed by atoms with Crippen LogP contribution >= 0.6 is 11.3 Å². The van der Waals surface area contributed by atoms with Gasteiger partial charge in [0, 0.05) is 11.4 Å². The number of nitrogens with zero attached hydrogens (tertiary/aromatic N) is 1. The van der Waals surface area contributed by atoms with Crippen LogP contribution in [0.5, 0.6) is 0 Å². The van der Waals surface area contributed by atoms with Crippen LogP contribution in [0.1, 0.15) is 42.0 Å². The summed E-state index contributed by atoms with van der Waals surface area (Å²) in [5, 5.41) is 11.4. The van der Waals surface area contributed by atoms with E-state index in [9.17, 15) is 9.90 Å². The van der Waals surface area contributed by atoms with Crippen LogP contribution in [-0.4, -0.2) is 35.1 Å². The maximum absolute atomic E-state index is 12.6. The first-order valence-corrected chi connectivity index (χ1v) is 7.67. The third kappa shape index (κ3) is 1.97. The van der Waals surface area contributed by atoms with Crippen molar-refractivity contribution >= 4 is 17.2 Å². The number of rotatable bonds is 2. The number of aryl methyl sites for hydroxylation is 1. The minimum Gasteiger partial charge on any atom is -0.394 e. The van der Waals surface area contributed by atoms with Crippen molar-refractivity contribution in [2.24, 2.45) is 0 Å². The van der Waals surface area contributed by atoms with E-state index in [1.54, 1.807) is 11.3 Å². The Hall–Kier alpha value is -0.870. The van der Waals surface area contributed by atoms with Crippen molar-refractivity contribution in [2.75, 3.05) is 13.2 Å². The highest BCUT2D eigenvalue weighted by molar-refractivity contribution is 7.10. The molecule has 3 rings (SSSR count). The highest BCUT2D eigenvalue weighted by Gasteiger charge is 2.35. The lowest BCUT2D eigenvalue weighted by atomic mass is 9.86. The van der Waals surface area contributed by atoms with E-state index < -0.39 is 0 Å². The molecule has 1 aromatic rings. The van der Waals surface area contributed by atoms with Crippen LogP contribution in [0.15, 0.2) is 11.4 Å². The fraction of sp³-hybridized carbons (Fsp3) is 0.643. The second kappa shape index (κ2) is 5.02. The summed E-state index contributed by atoms with van der Waals surface area (Å²) in [5.41, 5.74) is 1.25. The third-order valence-corrected chi connectivity index (χ3v) is 5.22. The van der Waals surface area contributed by atoms with Gasteiger partial charge in [-0.3, -0.25) is 4.79 Å². The van der Waals surface area contributed by atoms with Crippen molar-refractivity contribution in [2.45, 2.75) is 44.1 Å². The molecular weight excluding hydrogens is 246 g/mol. The molecule has 3 nitrogen and oxygen atoms in total. The Labute approximate surface area is 111 Å². The lowest BCUT2D eigenvalue weighted by Gasteiger charge is -2.30. The van der Waals surface area contributed by atoms with Crippen molar-refractivity contribution in [3.63, 3.8) is 0 Å². The average Bonchev–Trinajstić information content (AvgIpc) is 3.05. The molecule has 2 heterocycles. The van der Waals surface area contributed by atoms with Crippen molar-refractivity contribution in [1.82, 2.24) is 4.90 Å². The summed E-state index contributed by atoms with van der Waals surface area (Å²) in [5.74, 6) is 0.290. The maximum Gasteiger partial charge on any atom is 0.230 e. The number of thiophene rings is 1. The van der Waals surface area contributed by atoms with E-state index in [1.807, 2.05) is 4.90 Å². The van der Waals surface area contributed by atoms with Gasteiger partial charge in [0.25, 0.3) is 0 Å². The molecule has 1 aliphatic carbocycles. The highest BCUT2D eigenvalue weighted by Crippen LogP contribution is 2.37. The van der Waals surface area contributed by atoms with Crippen molar-refractivity contribution < 1.29 is 9.90 Å². The van der Waals surface area contributed by atoms with E-state index in [-0.39, 0.29) is 24.5 Å². The Morgan fingerprint density at radius 3 is 3.17 bits per heavy atom. The smallest absolute Gasteiger partial charge is 0.230 e. The molecule has 1 aliphatic heterocycles. The molecule has 0 aromatic carbocycles. The van der Waals surface area contributed by atoms with Gasteiger partial charge in [0.05, 0.1) is 18.6 Å². The second-order valence-corrected chi connectivity index (χ2v) is 6.25. The van der Waals surface area contributed by atoms with Gasteiger partial charge in [0.1, 0.15) is 0 Å². The number of aliphatic hydroxyl groups excluding tert-OH is 1. The van der Waals surface area contributed by atoms with E-state index >= 15 is 0 Å². The van der Waals surface area contributed by atoms with Gasteiger partial charge >= 0.3 is 0 Å². The first-order chi connectivity index (χ1) is 8.81. The number of hydrogen-bond acceptors (Lipinski definition) is 3. The summed E-state index contributed by atoms with van der Waals surface area (Å²) in [4.78, 5) is 16.0. The minimum absolute atomic E-state index is 0.0483. The summed E-state index contributed by atoms with van der Waals surface area (Å²) in [6.07, 6.45) is 5.19. The third-order valence-electron chi connectivity index (χ3n) is 4.22. The standard InChI is InChI=1S/C14H19NO2S/c16-9-10-3-2-7-15(10)14(17)12-4-1-5-13-11(12)6-8-18-13/h6,8,10,12,16H,1-5,7,9H2. The molecule has 4 heteroatoms. The Morgan fingerprint density at radius 1 is 1.44 bits per heavy atom. The number of fused-ring (bicyclic) bond motifs is 1. The Kier molecular flexibility index (Phi) is 3.39. The quantitative estimate of drug-likeness (QED) is 0.890. The first kappa shape index (κ1) is 12.2. The topological polar surface area (TPSA) is 40.5 Å². The Balaban J connectivity index is 1.82. The highest BCUT2D eigenvalue weighted by atomic mass is 32.1. The molecule has 0 spiro atoms. The Morgan fingerprint density at radius 2 is 2.33 bits per heavy atom. The van der Waals surface area contributed by atoms with Gasteiger partial charge < -0.3 is 10.0 Å². The molecular formula is C14H19NO2S. The molecule has 1 aromatic heterocycles. The average molecular weight is 265 g/mol. The summed E-state index contributed by atoms with van der Waals surface area (Å²) in [6, 6.07) is 2.17. The number of amides is 1. The van der Waals surface area contributed by atoms with Crippen LogP contribution in [0.4, 0.5) is 0 Å². The van der Waals surface area contributed by atoms with Crippen LogP contribution in [0, 0.1) is 0 Å². The first-order valence-electron chi connectivity index (χ1n) is 6.79. The lowest BCUT2D eigenvalue weighted by Crippen LogP contribution is -2.41. The van der Waals surface area contributed by atoms with Gasteiger partial charge in [-0.25, -0.2) is 0 Å². The van der Waals surface area contributed by atoms with Crippen LogP contribution in [0.25, 0.3) is 0 Å². The zero-order chi connectivity index (χ0) is 12.5. The molecule has 1 saturated heterocycles. The van der Waals surface area contributed by atoms with Crippen LogP contribution in [0.3, 0.4) is 0 Å². The predicted octanol–water partition coefficient (Wildman–Crippen LogP) is 2.15. The molecule has 2 atom stereocenters. The van der Waals surface area contributed by atoms with Gasteiger partial charge in [-0.1, -0.05) is 0 Å². The normalized spacial score (nSPS) is 27.3. The number of aliphatic hydroxyl groups is 1. The van der Waals surface area contributed by atoms with E-state index in [2.05, 4.69) is 11.4 Å². The van der Waals surface area contributed by atoms with Crippen molar-refractivity contribution in [3.05, 3.63) is 21.9 Å². The Bertz CT molecular complexity index is 443. The van der Waals surface area contributed by atoms with Crippen molar-refractivity contribution in [1.29, 1.82) is 0 Å². The van der Waals surface area contributed by atoms with Crippen LogP contribution in [-0.2, 0) is 11.2 Å². The molecule has 0 bridgehead atoms. The minimum atomic E-state index is 0.0483. The SMILES string of the molecule is O=C(C1CCCc2sccc21)N1CCCC1CO. The number of likely N-dealkylation sites (tertiary alicyclic amines) is 1. The van der Waals surface area contributed by atoms with Gasteiger partial charge in [0.2, 0.25) is 5.91 Å². The molecule has 1 N–H and O–H groups in total. The molecule has 18 heavy (non-hydrogen) atoms. The molecule has 98 valence electrons. The van der Waals surface area contributed by atoms with E-state index in [0.717, 1.165) is 38.6 Å². The zero-order valence-electron chi connectivity index (χ0n) is 10.5. The van der Waals surface area contributed by atoms with Gasteiger partial charge in [-0.05, 0) is 49.1 Å². The fourth-order valence-corrected chi connectivity index (χ4v) is 4.25. The molecule has 0 saturated carbocycles. The summed E-state index contributed by atoms with van der Waals surface area (Å²) < 4.78 is 0. The monoisotopic (exact) mass is 265 g/mol. The second-order valence-electron chi connectivity index (χ2n) is 5.25. The number of hydrogen-bond donors (Lipinski definition) is 1. The van der Waals surface area contributed by atoms with Gasteiger partial charge in [-0.15, -0.1) is 11.3 Å². The summed E-state index contributed by atoms with van der Waals surface area (Å²) in [6.45, 7) is 0.926. The molecule has 1 fully saturated rings. The van der Waals surface area contributed by atoms with Crippen molar-refractivity contribution in [3.8, 4) is 0 Å². The van der Waals surface area contributed by atoms with Gasteiger partial charge in [-0.2, -0.15) is 0 Å². The van der Waals surface area contributed by atoms with Gasteiger partial charge in [0.15, 0.2) is 0 Å². The maximum atomic E-state index is 12.6.